The maximum absolute atomic E-state index is 13.0. The van der Waals surface area contributed by atoms with E-state index in [-0.39, 0.29) is 11.6 Å². The second-order valence-corrected chi connectivity index (χ2v) is 8.49. The highest BCUT2D eigenvalue weighted by Gasteiger charge is 2.34. The molecular weight excluding hydrogens is 420 g/mol. The highest BCUT2D eigenvalue weighted by atomic mass is 32.2. The topological polar surface area (TPSA) is 76.6 Å². The van der Waals surface area contributed by atoms with Gasteiger partial charge in [0, 0.05) is 23.8 Å². The SMILES string of the molecule is Cc1ccc(N2C(=O)C(=Cc3ccc(-c4ccc([N+](=O)[O-])cc4)o3)SC2=S)c(C)c1. The molecule has 1 aliphatic heterocycles. The van der Waals surface area contributed by atoms with Gasteiger partial charge in [0.05, 0.1) is 15.5 Å². The zero-order chi connectivity index (χ0) is 21.4. The summed E-state index contributed by atoms with van der Waals surface area (Å²) < 4.78 is 6.29. The van der Waals surface area contributed by atoms with Gasteiger partial charge in [0.2, 0.25) is 0 Å². The first-order chi connectivity index (χ1) is 14.3. The summed E-state index contributed by atoms with van der Waals surface area (Å²) in [6, 6.07) is 15.5. The molecule has 6 nitrogen and oxygen atoms in total. The minimum atomic E-state index is -0.449. The molecule has 0 spiro atoms. The third-order valence-corrected chi connectivity index (χ3v) is 5.95. The van der Waals surface area contributed by atoms with Crippen LogP contribution in [-0.4, -0.2) is 15.2 Å². The second-order valence-electron chi connectivity index (χ2n) is 6.81. The molecule has 1 amide bonds. The number of carbonyl (C=O) groups is 1. The molecule has 0 unspecified atom stereocenters. The smallest absolute Gasteiger partial charge is 0.270 e. The van der Waals surface area contributed by atoms with Gasteiger partial charge in [-0.05, 0) is 49.7 Å². The quantitative estimate of drug-likeness (QED) is 0.220. The lowest BCUT2D eigenvalue weighted by Crippen LogP contribution is -2.28. The van der Waals surface area contributed by atoms with Gasteiger partial charge in [0.25, 0.3) is 11.6 Å². The number of nitro groups is 1. The van der Waals surface area contributed by atoms with E-state index in [0.29, 0.717) is 26.3 Å². The molecule has 1 saturated heterocycles. The molecule has 0 radical (unpaired) electrons. The Kier molecular flexibility index (Phi) is 5.27. The van der Waals surface area contributed by atoms with Gasteiger partial charge >= 0.3 is 0 Å². The molecule has 0 N–H and O–H groups in total. The Morgan fingerprint density at radius 3 is 2.50 bits per heavy atom. The molecular formula is C22H16N2O4S2. The molecule has 8 heteroatoms. The van der Waals surface area contributed by atoms with Crippen LogP contribution in [0.4, 0.5) is 11.4 Å². The third-order valence-electron chi connectivity index (χ3n) is 4.65. The summed E-state index contributed by atoms with van der Waals surface area (Å²) in [4.78, 5) is 25.3. The zero-order valence-electron chi connectivity index (χ0n) is 16.1. The lowest BCUT2D eigenvalue weighted by molar-refractivity contribution is -0.384. The summed E-state index contributed by atoms with van der Waals surface area (Å²) in [5.74, 6) is 0.871. The summed E-state index contributed by atoms with van der Waals surface area (Å²) in [6.07, 6.45) is 1.66. The maximum Gasteiger partial charge on any atom is 0.270 e. The van der Waals surface area contributed by atoms with E-state index >= 15 is 0 Å². The molecule has 0 aliphatic carbocycles. The van der Waals surface area contributed by atoms with E-state index < -0.39 is 4.92 Å². The molecule has 3 aromatic rings. The van der Waals surface area contributed by atoms with Gasteiger partial charge in [-0.2, -0.15) is 0 Å². The van der Waals surface area contributed by atoms with E-state index in [1.807, 2.05) is 32.0 Å². The number of furan rings is 1. The van der Waals surface area contributed by atoms with Gasteiger partial charge in [-0.1, -0.05) is 41.7 Å². The average molecular weight is 437 g/mol. The monoisotopic (exact) mass is 436 g/mol. The van der Waals surface area contributed by atoms with Crippen LogP contribution < -0.4 is 4.90 Å². The minimum Gasteiger partial charge on any atom is -0.457 e. The van der Waals surface area contributed by atoms with Crippen LogP contribution in [0.2, 0.25) is 0 Å². The lowest BCUT2D eigenvalue weighted by Gasteiger charge is -2.17. The first-order valence-electron chi connectivity index (χ1n) is 9.03. The molecule has 2 heterocycles. The van der Waals surface area contributed by atoms with Gasteiger partial charge in [-0.3, -0.25) is 19.8 Å². The number of thiocarbonyl (C=S) groups is 1. The standard InChI is InChI=1S/C22H16N2O4S2/c1-13-3-9-18(14(2)11-13)23-21(25)20(30-22(23)29)12-17-8-10-19(28-17)15-4-6-16(7-5-15)24(26)27/h3-12H,1-2H3. The third kappa shape index (κ3) is 3.79. The summed E-state index contributed by atoms with van der Waals surface area (Å²) in [5.41, 5.74) is 3.60. The molecule has 0 saturated carbocycles. The Morgan fingerprint density at radius 1 is 1.10 bits per heavy atom. The van der Waals surface area contributed by atoms with Crippen molar-refractivity contribution in [3.8, 4) is 11.3 Å². The Hall–Kier alpha value is -3.23. The van der Waals surface area contributed by atoms with Gasteiger partial charge in [-0.25, -0.2) is 0 Å². The number of nitrogens with zero attached hydrogens (tertiary/aromatic N) is 2. The molecule has 150 valence electrons. The number of anilines is 1. The van der Waals surface area contributed by atoms with Gasteiger partial charge in [0.15, 0.2) is 4.32 Å². The summed E-state index contributed by atoms with van der Waals surface area (Å²) in [6.45, 7) is 3.95. The number of thioether (sulfide) groups is 1. The first kappa shape index (κ1) is 20.1. The Balaban J connectivity index is 1.59. The molecule has 4 rings (SSSR count). The molecule has 0 bridgehead atoms. The molecule has 2 aromatic carbocycles. The van der Waals surface area contributed by atoms with E-state index in [4.69, 9.17) is 16.6 Å². The van der Waals surface area contributed by atoms with Crippen molar-refractivity contribution in [3.05, 3.63) is 86.5 Å². The molecule has 30 heavy (non-hydrogen) atoms. The molecule has 1 fully saturated rings. The van der Waals surface area contributed by atoms with Gasteiger partial charge in [-0.15, -0.1) is 0 Å². The van der Waals surface area contributed by atoms with E-state index in [1.165, 1.54) is 23.9 Å². The largest absolute Gasteiger partial charge is 0.457 e. The highest BCUT2D eigenvalue weighted by Crippen LogP contribution is 2.38. The Bertz CT molecular complexity index is 1210. The molecule has 0 atom stereocenters. The predicted octanol–water partition coefficient (Wildman–Crippen LogP) is 5.88. The van der Waals surface area contributed by atoms with Gasteiger partial charge in [0.1, 0.15) is 11.5 Å². The normalized spacial score (nSPS) is 15.3. The van der Waals surface area contributed by atoms with E-state index in [9.17, 15) is 14.9 Å². The first-order valence-corrected chi connectivity index (χ1v) is 10.3. The fraction of sp³-hybridized carbons (Fsp3) is 0.0909. The summed E-state index contributed by atoms with van der Waals surface area (Å²) in [7, 11) is 0. The van der Waals surface area contributed by atoms with Crippen molar-refractivity contribution in [2.45, 2.75) is 13.8 Å². The number of hydrogen-bond acceptors (Lipinski definition) is 6. The van der Waals surface area contributed by atoms with Crippen LogP contribution in [0, 0.1) is 24.0 Å². The number of aryl methyl sites for hydroxylation is 2. The van der Waals surface area contributed by atoms with Crippen molar-refractivity contribution in [2.75, 3.05) is 4.90 Å². The maximum atomic E-state index is 13.0. The second kappa shape index (κ2) is 7.89. The fourth-order valence-electron chi connectivity index (χ4n) is 3.19. The number of non-ortho nitro benzene ring substituents is 1. The van der Waals surface area contributed by atoms with Crippen molar-refractivity contribution in [2.24, 2.45) is 0 Å². The van der Waals surface area contributed by atoms with Crippen LogP contribution in [0.5, 0.6) is 0 Å². The predicted molar refractivity (Wildman–Crippen MR) is 122 cm³/mol. The van der Waals surface area contributed by atoms with E-state index in [1.54, 1.807) is 35.2 Å². The number of benzene rings is 2. The minimum absolute atomic E-state index is 0.0144. The van der Waals surface area contributed by atoms with Crippen molar-refractivity contribution in [3.63, 3.8) is 0 Å². The molecule has 1 aliphatic rings. The lowest BCUT2D eigenvalue weighted by atomic mass is 10.1. The van der Waals surface area contributed by atoms with Crippen molar-refractivity contribution in [1.82, 2.24) is 0 Å². The molecule has 1 aromatic heterocycles. The Morgan fingerprint density at radius 2 is 1.83 bits per heavy atom. The fourth-order valence-corrected chi connectivity index (χ4v) is 4.46. The van der Waals surface area contributed by atoms with Crippen LogP contribution in [0.1, 0.15) is 16.9 Å². The van der Waals surface area contributed by atoms with Crippen molar-refractivity contribution >= 4 is 51.7 Å². The van der Waals surface area contributed by atoms with Gasteiger partial charge < -0.3 is 4.42 Å². The number of rotatable bonds is 4. The van der Waals surface area contributed by atoms with E-state index in [2.05, 4.69) is 0 Å². The zero-order valence-corrected chi connectivity index (χ0v) is 17.8. The van der Waals surface area contributed by atoms with Crippen LogP contribution >= 0.6 is 24.0 Å². The number of hydrogen-bond donors (Lipinski definition) is 0. The van der Waals surface area contributed by atoms with Crippen LogP contribution in [0.3, 0.4) is 0 Å². The number of amides is 1. The van der Waals surface area contributed by atoms with Crippen molar-refractivity contribution < 1.29 is 14.1 Å². The number of nitro benzene ring substituents is 1. The van der Waals surface area contributed by atoms with Crippen LogP contribution in [-0.2, 0) is 4.79 Å². The number of carbonyl (C=O) groups excluding carboxylic acids is 1. The average Bonchev–Trinajstić information content (AvgIpc) is 3.28. The van der Waals surface area contributed by atoms with E-state index in [0.717, 1.165) is 16.8 Å². The Labute approximate surface area is 182 Å². The van der Waals surface area contributed by atoms with Crippen LogP contribution in [0.15, 0.2) is 63.9 Å². The highest BCUT2D eigenvalue weighted by molar-refractivity contribution is 8.27. The summed E-state index contributed by atoms with van der Waals surface area (Å²) in [5, 5.41) is 10.8. The van der Waals surface area contributed by atoms with Crippen LogP contribution in [0.25, 0.3) is 17.4 Å². The van der Waals surface area contributed by atoms with Crippen molar-refractivity contribution in [1.29, 1.82) is 0 Å². The summed E-state index contributed by atoms with van der Waals surface area (Å²) >= 11 is 6.67.